The summed E-state index contributed by atoms with van der Waals surface area (Å²) in [7, 11) is 0. The Labute approximate surface area is 119 Å². The maximum absolute atomic E-state index is 13.6. The topological polar surface area (TPSA) is 9.23 Å². The first-order chi connectivity index (χ1) is 8.06. The number of rotatable bonds is 6. The molecule has 0 fully saturated rings. The summed E-state index contributed by atoms with van der Waals surface area (Å²) < 4.78 is 19.9. The van der Waals surface area contributed by atoms with Crippen molar-refractivity contribution in [3.05, 3.63) is 28.5 Å². The Balaban J connectivity index is 2.72. The van der Waals surface area contributed by atoms with Gasteiger partial charge in [-0.2, -0.15) is 0 Å². The van der Waals surface area contributed by atoms with E-state index >= 15 is 0 Å². The van der Waals surface area contributed by atoms with Gasteiger partial charge in [0.15, 0.2) is 11.6 Å². The van der Waals surface area contributed by atoms with Crippen molar-refractivity contribution in [1.29, 1.82) is 0 Å². The molecule has 1 nitrogen and oxygen atoms in total. The minimum Gasteiger partial charge on any atom is -0.490 e. The zero-order valence-corrected chi connectivity index (χ0v) is 13.3. The van der Waals surface area contributed by atoms with Gasteiger partial charge in [0.05, 0.1) is 6.61 Å². The average Bonchev–Trinajstić information content (AvgIpc) is 2.33. The van der Waals surface area contributed by atoms with E-state index in [2.05, 4.69) is 45.7 Å². The molecule has 0 saturated heterocycles. The Morgan fingerprint density at radius 1 is 1.29 bits per heavy atom. The number of benzene rings is 1. The lowest BCUT2D eigenvalue weighted by molar-refractivity contribution is 0.153. The van der Waals surface area contributed by atoms with Crippen molar-refractivity contribution in [2.24, 2.45) is 5.41 Å². The van der Waals surface area contributed by atoms with E-state index in [1.165, 1.54) is 6.07 Å². The van der Waals surface area contributed by atoms with Gasteiger partial charge in [0.1, 0.15) is 0 Å². The summed E-state index contributed by atoms with van der Waals surface area (Å²) in [4.78, 5) is 0. The van der Waals surface area contributed by atoms with Crippen LogP contribution in [0.15, 0.2) is 22.7 Å². The fourth-order valence-electron chi connectivity index (χ4n) is 1.50. The van der Waals surface area contributed by atoms with Gasteiger partial charge in [0, 0.05) is 15.2 Å². The zero-order valence-electron chi connectivity index (χ0n) is 10.1. The molecule has 0 aromatic heterocycles. The van der Waals surface area contributed by atoms with Crippen LogP contribution in [0.1, 0.15) is 26.7 Å². The second-order valence-corrected chi connectivity index (χ2v) is 5.68. The van der Waals surface area contributed by atoms with E-state index in [4.69, 9.17) is 4.74 Å². The first kappa shape index (κ1) is 15.0. The minimum atomic E-state index is -0.324. The molecule has 4 heteroatoms. The van der Waals surface area contributed by atoms with Crippen LogP contribution >= 0.6 is 31.9 Å². The second kappa shape index (κ2) is 6.74. The van der Waals surface area contributed by atoms with Crippen molar-refractivity contribution in [2.45, 2.75) is 26.7 Å². The summed E-state index contributed by atoms with van der Waals surface area (Å²) in [5.41, 5.74) is 0.0829. The van der Waals surface area contributed by atoms with Gasteiger partial charge in [-0.25, -0.2) is 4.39 Å². The molecule has 1 aromatic carbocycles. The van der Waals surface area contributed by atoms with E-state index in [0.717, 1.165) is 22.6 Å². The van der Waals surface area contributed by atoms with Crippen LogP contribution in [0, 0.1) is 11.2 Å². The quantitative estimate of drug-likeness (QED) is 0.630. The van der Waals surface area contributed by atoms with Crippen molar-refractivity contribution in [1.82, 2.24) is 0 Å². The fourth-order valence-corrected chi connectivity index (χ4v) is 2.79. The normalized spacial score (nSPS) is 11.6. The predicted octanol–water partition coefficient (Wildman–Crippen LogP) is 5.17. The largest absolute Gasteiger partial charge is 0.490 e. The standard InChI is InChI=1S/C13H17Br2FO/c1-3-13(4-2,8-14)9-17-12-6-5-10(15)7-11(12)16/h5-7H,3-4,8-9H2,1-2H3. The summed E-state index contributed by atoms with van der Waals surface area (Å²) in [5.74, 6) is -0.00419. The molecule has 1 aromatic rings. The fraction of sp³-hybridized carbons (Fsp3) is 0.538. The summed E-state index contributed by atoms with van der Waals surface area (Å²) in [6.45, 7) is 4.79. The molecule has 0 amide bonds. The highest BCUT2D eigenvalue weighted by Crippen LogP contribution is 2.31. The maximum atomic E-state index is 13.6. The molecule has 0 N–H and O–H groups in total. The van der Waals surface area contributed by atoms with Gasteiger partial charge in [-0.05, 0) is 31.0 Å². The summed E-state index contributed by atoms with van der Waals surface area (Å²) in [6, 6.07) is 4.86. The Kier molecular flexibility index (Phi) is 5.93. The molecule has 0 heterocycles. The lowest BCUT2D eigenvalue weighted by Crippen LogP contribution is -2.29. The SMILES string of the molecule is CCC(CC)(CBr)COc1ccc(Br)cc1F. The molecule has 0 unspecified atom stereocenters. The summed E-state index contributed by atoms with van der Waals surface area (Å²) in [6.07, 6.45) is 2.01. The third kappa shape index (κ3) is 3.95. The van der Waals surface area contributed by atoms with E-state index < -0.39 is 0 Å². The van der Waals surface area contributed by atoms with Gasteiger partial charge in [0.25, 0.3) is 0 Å². The Bertz CT molecular complexity index is 356. The second-order valence-electron chi connectivity index (χ2n) is 4.20. The number of halogens is 3. The molecule has 0 saturated carbocycles. The molecular weight excluding hydrogens is 351 g/mol. The first-order valence-corrected chi connectivity index (χ1v) is 7.62. The van der Waals surface area contributed by atoms with E-state index in [-0.39, 0.29) is 11.2 Å². The van der Waals surface area contributed by atoms with Crippen LogP contribution in [0.5, 0.6) is 5.75 Å². The Morgan fingerprint density at radius 3 is 2.41 bits per heavy atom. The van der Waals surface area contributed by atoms with Gasteiger partial charge in [-0.3, -0.25) is 0 Å². The molecule has 0 aliphatic heterocycles. The Hall–Kier alpha value is -0.0900. The highest BCUT2D eigenvalue weighted by molar-refractivity contribution is 9.10. The van der Waals surface area contributed by atoms with Gasteiger partial charge >= 0.3 is 0 Å². The van der Waals surface area contributed by atoms with Crippen LogP contribution in [-0.4, -0.2) is 11.9 Å². The van der Waals surface area contributed by atoms with Crippen LogP contribution in [-0.2, 0) is 0 Å². The summed E-state index contributed by atoms with van der Waals surface area (Å²) in [5, 5.41) is 0.866. The third-order valence-electron chi connectivity index (χ3n) is 3.21. The lowest BCUT2D eigenvalue weighted by Gasteiger charge is -2.29. The van der Waals surface area contributed by atoms with E-state index in [1.807, 2.05) is 0 Å². The summed E-state index contributed by atoms with van der Waals surface area (Å²) >= 11 is 6.74. The highest BCUT2D eigenvalue weighted by atomic mass is 79.9. The van der Waals surface area contributed by atoms with Gasteiger partial charge < -0.3 is 4.74 Å². The first-order valence-electron chi connectivity index (χ1n) is 5.70. The molecule has 0 aliphatic carbocycles. The van der Waals surface area contributed by atoms with Crippen molar-refractivity contribution < 1.29 is 9.13 Å². The van der Waals surface area contributed by atoms with Crippen LogP contribution in [0.2, 0.25) is 0 Å². The number of hydrogen-bond donors (Lipinski definition) is 0. The third-order valence-corrected chi connectivity index (χ3v) is 4.89. The van der Waals surface area contributed by atoms with Crippen molar-refractivity contribution in [3.8, 4) is 5.75 Å². The molecule has 17 heavy (non-hydrogen) atoms. The molecule has 96 valence electrons. The molecule has 0 spiro atoms. The number of hydrogen-bond acceptors (Lipinski definition) is 1. The van der Waals surface area contributed by atoms with Crippen LogP contribution in [0.4, 0.5) is 4.39 Å². The number of ether oxygens (including phenoxy) is 1. The predicted molar refractivity (Wildman–Crippen MR) is 76.4 cm³/mol. The smallest absolute Gasteiger partial charge is 0.166 e. The van der Waals surface area contributed by atoms with Gasteiger partial charge in [-0.15, -0.1) is 0 Å². The van der Waals surface area contributed by atoms with Crippen LogP contribution in [0.25, 0.3) is 0 Å². The minimum absolute atomic E-state index is 0.0829. The van der Waals surface area contributed by atoms with Crippen molar-refractivity contribution in [3.63, 3.8) is 0 Å². The molecular formula is C13H17Br2FO. The van der Waals surface area contributed by atoms with Crippen molar-refractivity contribution >= 4 is 31.9 Å². The Morgan fingerprint density at radius 2 is 1.94 bits per heavy atom. The lowest BCUT2D eigenvalue weighted by atomic mass is 9.86. The average molecular weight is 368 g/mol. The maximum Gasteiger partial charge on any atom is 0.166 e. The van der Waals surface area contributed by atoms with Crippen molar-refractivity contribution in [2.75, 3.05) is 11.9 Å². The van der Waals surface area contributed by atoms with Gasteiger partial charge in [0.2, 0.25) is 0 Å². The molecule has 0 bridgehead atoms. The molecule has 0 aliphatic rings. The molecule has 0 atom stereocenters. The van der Waals surface area contributed by atoms with Crippen LogP contribution in [0.3, 0.4) is 0 Å². The van der Waals surface area contributed by atoms with E-state index in [9.17, 15) is 4.39 Å². The molecule has 1 rings (SSSR count). The highest BCUT2D eigenvalue weighted by Gasteiger charge is 2.26. The van der Waals surface area contributed by atoms with Crippen LogP contribution < -0.4 is 4.74 Å². The molecule has 0 radical (unpaired) electrons. The zero-order chi connectivity index (χ0) is 12.9. The van der Waals surface area contributed by atoms with E-state index in [0.29, 0.717) is 12.4 Å². The van der Waals surface area contributed by atoms with E-state index in [1.54, 1.807) is 12.1 Å². The number of alkyl halides is 1. The van der Waals surface area contributed by atoms with Gasteiger partial charge in [-0.1, -0.05) is 45.7 Å². The monoisotopic (exact) mass is 366 g/mol.